The quantitative estimate of drug-likeness (QED) is 0.594. The summed E-state index contributed by atoms with van der Waals surface area (Å²) in [5.41, 5.74) is 1.23. The number of hydrogen-bond acceptors (Lipinski definition) is 2. The van der Waals surface area contributed by atoms with E-state index in [1.165, 1.54) is 6.04 Å². The average Bonchev–Trinajstić information content (AvgIpc) is 2.58. The molecule has 0 unspecified atom stereocenters. The molecule has 1 heterocycles. The van der Waals surface area contributed by atoms with E-state index in [1.54, 1.807) is 0 Å². The third kappa shape index (κ3) is 5.50. The third-order valence-corrected chi connectivity index (χ3v) is 4.33. The Labute approximate surface area is 106 Å². The van der Waals surface area contributed by atoms with Crippen molar-refractivity contribution in [3.8, 4) is 0 Å². The van der Waals surface area contributed by atoms with Crippen LogP contribution in [0.25, 0.3) is 0 Å². The van der Waals surface area contributed by atoms with E-state index in [4.69, 9.17) is 4.74 Å². The predicted molar refractivity (Wildman–Crippen MR) is 75.0 cm³/mol. The molecular weight excluding hydrogens is 228 g/mol. The Morgan fingerprint density at radius 2 is 1.94 bits per heavy atom. The number of rotatable bonds is 5. The van der Waals surface area contributed by atoms with Crippen molar-refractivity contribution in [2.75, 3.05) is 6.61 Å². The molecule has 1 rings (SSSR count). The van der Waals surface area contributed by atoms with Crippen LogP contribution in [-0.4, -0.2) is 24.5 Å². The molecule has 17 heavy (non-hydrogen) atoms. The molecule has 0 radical (unpaired) electrons. The second-order valence-corrected chi connectivity index (χ2v) is 12.5. The molecule has 0 saturated carbocycles. The molecule has 1 aromatic rings. The van der Waals surface area contributed by atoms with Crippen LogP contribution in [0.4, 0.5) is 0 Å². The van der Waals surface area contributed by atoms with Crippen molar-refractivity contribution in [3.05, 3.63) is 18.0 Å². The molecule has 0 atom stereocenters. The first kappa shape index (κ1) is 14.4. The van der Waals surface area contributed by atoms with E-state index in [0.717, 1.165) is 12.3 Å². The number of hydrogen-bond donors (Lipinski definition) is 0. The molecule has 0 aliphatic heterocycles. The molecule has 3 nitrogen and oxygen atoms in total. The van der Waals surface area contributed by atoms with Gasteiger partial charge < -0.3 is 4.74 Å². The zero-order valence-electron chi connectivity index (χ0n) is 12.1. The molecule has 0 aliphatic rings. The normalized spacial score (nSPS) is 13.1. The van der Waals surface area contributed by atoms with Gasteiger partial charge in [-0.3, -0.25) is 0 Å². The van der Waals surface area contributed by atoms with Gasteiger partial charge in [-0.1, -0.05) is 40.4 Å². The van der Waals surface area contributed by atoms with E-state index in [2.05, 4.69) is 51.6 Å². The van der Waals surface area contributed by atoms with E-state index in [1.807, 2.05) is 10.9 Å². The minimum atomic E-state index is -0.975. The molecule has 1 aromatic heterocycles. The number of aromatic nitrogens is 2. The lowest BCUT2D eigenvalue weighted by atomic mass is 9.93. The largest absolute Gasteiger partial charge is 0.360 e. The third-order valence-electron chi connectivity index (χ3n) is 2.63. The molecule has 0 amide bonds. The standard InChI is InChI=1S/C13H26N2OSi/c1-13(2,3)12-7-8-15(14-12)11-16-9-10-17(4,5)6/h7-8H,9-11H2,1-6H3. The Kier molecular flexibility index (Phi) is 4.55. The van der Waals surface area contributed by atoms with Crippen LogP contribution < -0.4 is 0 Å². The lowest BCUT2D eigenvalue weighted by Crippen LogP contribution is -2.22. The van der Waals surface area contributed by atoms with Crippen LogP contribution in [-0.2, 0) is 16.9 Å². The van der Waals surface area contributed by atoms with Gasteiger partial charge in [-0.25, -0.2) is 4.68 Å². The van der Waals surface area contributed by atoms with E-state index in [-0.39, 0.29) is 5.41 Å². The lowest BCUT2D eigenvalue weighted by molar-refractivity contribution is 0.0780. The van der Waals surface area contributed by atoms with Crippen LogP contribution in [0, 0.1) is 0 Å². The molecule has 0 bridgehead atoms. The Morgan fingerprint density at radius 1 is 1.29 bits per heavy atom. The highest BCUT2D eigenvalue weighted by atomic mass is 28.3. The molecule has 98 valence electrons. The lowest BCUT2D eigenvalue weighted by Gasteiger charge is -2.16. The van der Waals surface area contributed by atoms with Crippen molar-refractivity contribution in [2.24, 2.45) is 0 Å². The van der Waals surface area contributed by atoms with Crippen LogP contribution in [0.2, 0.25) is 25.7 Å². The van der Waals surface area contributed by atoms with Crippen molar-refractivity contribution in [1.29, 1.82) is 0 Å². The highest BCUT2D eigenvalue weighted by molar-refractivity contribution is 6.76. The van der Waals surface area contributed by atoms with Gasteiger partial charge in [0.25, 0.3) is 0 Å². The first-order chi connectivity index (χ1) is 7.68. The van der Waals surface area contributed by atoms with Gasteiger partial charge in [0.15, 0.2) is 0 Å². The molecule has 0 N–H and O–H groups in total. The first-order valence-electron chi connectivity index (χ1n) is 6.30. The van der Waals surface area contributed by atoms with Gasteiger partial charge in [0, 0.05) is 26.3 Å². The van der Waals surface area contributed by atoms with E-state index < -0.39 is 8.07 Å². The molecule has 0 spiro atoms. The topological polar surface area (TPSA) is 27.1 Å². The molecule has 0 aromatic carbocycles. The second-order valence-electron chi connectivity index (χ2n) is 6.84. The molecule has 0 aliphatic carbocycles. The smallest absolute Gasteiger partial charge is 0.139 e. The Balaban J connectivity index is 2.36. The van der Waals surface area contributed by atoms with Crippen molar-refractivity contribution in [2.45, 2.75) is 58.6 Å². The van der Waals surface area contributed by atoms with Gasteiger partial charge in [0.1, 0.15) is 6.73 Å². The fourth-order valence-corrected chi connectivity index (χ4v) is 2.13. The molecule has 0 saturated heterocycles. The van der Waals surface area contributed by atoms with Gasteiger partial charge in [-0.15, -0.1) is 0 Å². The fourth-order valence-electron chi connectivity index (χ4n) is 1.37. The maximum atomic E-state index is 5.66. The predicted octanol–water partition coefficient (Wildman–Crippen LogP) is 3.49. The summed E-state index contributed by atoms with van der Waals surface area (Å²) in [5.74, 6) is 0. The first-order valence-corrected chi connectivity index (χ1v) is 10.0. The Bertz CT molecular complexity index is 347. The summed E-state index contributed by atoms with van der Waals surface area (Å²) in [6.07, 6.45) is 2.00. The van der Waals surface area contributed by atoms with Gasteiger partial charge in [0.05, 0.1) is 5.69 Å². The summed E-state index contributed by atoms with van der Waals surface area (Å²) in [5, 5.41) is 4.52. The summed E-state index contributed by atoms with van der Waals surface area (Å²) in [6, 6.07) is 3.28. The molecular formula is C13H26N2OSi. The number of ether oxygens (including phenoxy) is 1. The van der Waals surface area contributed by atoms with Gasteiger partial charge in [-0.05, 0) is 12.1 Å². The van der Waals surface area contributed by atoms with Crippen molar-refractivity contribution in [3.63, 3.8) is 0 Å². The van der Waals surface area contributed by atoms with Gasteiger partial charge >= 0.3 is 0 Å². The van der Waals surface area contributed by atoms with Gasteiger partial charge in [-0.2, -0.15) is 5.10 Å². The SMILES string of the molecule is CC(C)(C)c1ccn(COCC[Si](C)(C)C)n1. The van der Waals surface area contributed by atoms with Crippen LogP contribution in [0.3, 0.4) is 0 Å². The molecule has 4 heteroatoms. The summed E-state index contributed by atoms with van der Waals surface area (Å²) < 4.78 is 7.54. The second kappa shape index (κ2) is 5.36. The minimum Gasteiger partial charge on any atom is -0.360 e. The van der Waals surface area contributed by atoms with Crippen molar-refractivity contribution in [1.82, 2.24) is 9.78 Å². The van der Waals surface area contributed by atoms with Crippen LogP contribution in [0.15, 0.2) is 12.3 Å². The fraction of sp³-hybridized carbons (Fsp3) is 0.769. The van der Waals surface area contributed by atoms with Gasteiger partial charge in [0.2, 0.25) is 0 Å². The van der Waals surface area contributed by atoms with Crippen LogP contribution in [0.5, 0.6) is 0 Å². The highest BCUT2D eigenvalue weighted by Crippen LogP contribution is 2.19. The van der Waals surface area contributed by atoms with E-state index in [0.29, 0.717) is 6.73 Å². The Hall–Kier alpha value is -0.613. The zero-order valence-corrected chi connectivity index (χ0v) is 13.1. The minimum absolute atomic E-state index is 0.115. The van der Waals surface area contributed by atoms with E-state index >= 15 is 0 Å². The summed E-state index contributed by atoms with van der Waals surface area (Å²) in [6.45, 7) is 15.0. The Morgan fingerprint density at radius 3 is 2.41 bits per heavy atom. The maximum Gasteiger partial charge on any atom is 0.139 e. The molecule has 0 fully saturated rings. The van der Waals surface area contributed by atoms with Crippen molar-refractivity contribution < 1.29 is 4.74 Å². The summed E-state index contributed by atoms with van der Waals surface area (Å²) in [7, 11) is -0.975. The van der Waals surface area contributed by atoms with Crippen molar-refractivity contribution >= 4 is 8.07 Å². The van der Waals surface area contributed by atoms with Crippen LogP contribution in [0.1, 0.15) is 26.5 Å². The number of nitrogens with zero attached hydrogens (tertiary/aromatic N) is 2. The zero-order chi connectivity index (χ0) is 13.1. The highest BCUT2D eigenvalue weighted by Gasteiger charge is 2.16. The average molecular weight is 254 g/mol. The summed E-state index contributed by atoms with van der Waals surface area (Å²) >= 11 is 0. The summed E-state index contributed by atoms with van der Waals surface area (Å²) in [4.78, 5) is 0. The monoisotopic (exact) mass is 254 g/mol. The maximum absolute atomic E-state index is 5.66. The van der Waals surface area contributed by atoms with E-state index in [9.17, 15) is 0 Å². The van der Waals surface area contributed by atoms with Crippen LogP contribution >= 0.6 is 0 Å².